The molecule has 4 heteroatoms. The molecule has 0 radical (unpaired) electrons. The summed E-state index contributed by atoms with van der Waals surface area (Å²) in [5.41, 5.74) is 1.46. The Balaban J connectivity index is 2.25. The summed E-state index contributed by atoms with van der Waals surface area (Å²) in [4.78, 5) is 0. The van der Waals surface area contributed by atoms with Crippen LogP contribution >= 0.6 is 0 Å². The molecule has 1 atom stereocenters. The van der Waals surface area contributed by atoms with Crippen LogP contribution in [-0.2, 0) is 6.42 Å². The molecule has 4 nitrogen and oxygen atoms in total. The van der Waals surface area contributed by atoms with Crippen molar-refractivity contribution in [3.05, 3.63) is 11.8 Å². The van der Waals surface area contributed by atoms with E-state index in [9.17, 15) is 0 Å². The van der Waals surface area contributed by atoms with E-state index in [2.05, 4.69) is 35.9 Å². The Kier molecular flexibility index (Phi) is 3.43. The van der Waals surface area contributed by atoms with Crippen LogP contribution in [0.3, 0.4) is 0 Å². The van der Waals surface area contributed by atoms with E-state index >= 15 is 0 Å². The van der Waals surface area contributed by atoms with Crippen LogP contribution in [0.4, 0.5) is 5.82 Å². The second-order valence-electron chi connectivity index (χ2n) is 5.89. The van der Waals surface area contributed by atoms with Crippen molar-refractivity contribution in [3.63, 3.8) is 0 Å². The molecule has 0 aromatic carbocycles. The van der Waals surface area contributed by atoms with Gasteiger partial charge in [-0.05, 0) is 24.7 Å². The van der Waals surface area contributed by atoms with Crippen LogP contribution in [-0.4, -0.2) is 28.0 Å². The van der Waals surface area contributed by atoms with E-state index < -0.39 is 0 Å². The van der Waals surface area contributed by atoms with E-state index in [4.69, 9.17) is 5.11 Å². The highest BCUT2D eigenvalue weighted by Gasteiger charge is 2.31. The Morgan fingerprint density at radius 3 is 2.94 bits per heavy atom. The number of aromatic nitrogens is 2. The molecule has 2 rings (SSSR count). The van der Waals surface area contributed by atoms with Crippen molar-refractivity contribution < 1.29 is 5.11 Å². The lowest BCUT2D eigenvalue weighted by molar-refractivity contribution is 0.210. The van der Waals surface area contributed by atoms with Crippen molar-refractivity contribution in [2.45, 2.75) is 46.1 Å². The number of aryl methyl sites for hydroxylation is 1. The Hall–Kier alpha value is -1.03. The van der Waals surface area contributed by atoms with Gasteiger partial charge in [0.25, 0.3) is 0 Å². The largest absolute Gasteiger partial charge is 0.396 e. The summed E-state index contributed by atoms with van der Waals surface area (Å²) < 4.78 is 2.14. The number of nitrogens with zero attached hydrogens (tertiary/aromatic N) is 2. The van der Waals surface area contributed by atoms with Gasteiger partial charge < -0.3 is 10.4 Å². The molecule has 1 unspecified atom stereocenters. The Bertz CT molecular complexity index is 379. The van der Waals surface area contributed by atoms with Crippen molar-refractivity contribution in [2.24, 2.45) is 5.41 Å². The Morgan fingerprint density at radius 2 is 2.29 bits per heavy atom. The SMILES string of the molecule is CC(C)(C)C1CCNc2c(CCCO)cnn21. The Morgan fingerprint density at radius 1 is 1.53 bits per heavy atom. The van der Waals surface area contributed by atoms with E-state index in [-0.39, 0.29) is 12.0 Å². The third-order valence-electron chi connectivity index (χ3n) is 3.48. The zero-order valence-electron chi connectivity index (χ0n) is 11.0. The maximum atomic E-state index is 8.90. The van der Waals surface area contributed by atoms with Crippen molar-refractivity contribution in [1.82, 2.24) is 9.78 Å². The lowest BCUT2D eigenvalue weighted by atomic mass is 9.84. The maximum Gasteiger partial charge on any atom is 0.127 e. The van der Waals surface area contributed by atoms with Gasteiger partial charge in [-0.3, -0.25) is 0 Å². The molecule has 0 bridgehead atoms. The topological polar surface area (TPSA) is 50.1 Å². The van der Waals surface area contributed by atoms with Crippen molar-refractivity contribution >= 4 is 5.82 Å². The molecule has 2 N–H and O–H groups in total. The van der Waals surface area contributed by atoms with Crippen LogP contribution < -0.4 is 5.32 Å². The first-order valence-corrected chi connectivity index (χ1v) is 6.45. The smallest absolute Gasteiger partial charge is 0.127 e. The number of nitrogens with one attached hydrogen (secondary N) is 1. The summed E-state index contributed by atoms with van der Waals surface area (Å²) in [6, 6.07) is 0.460. The molecular formula is C13H23N3O. The molecule has 1 aliphatic heterocycles. The summed E-state index contributed by atoms with van der Waals surface area (Å²) in [7, 11) is 0. The zero-order valence-corrected chi connectivity index (χ0v) is 11.0. The molecule has 0 saturated carbocycles. The minimum atomic E-state index is 0.233. The van der Waals surface area contributed by atoms with Crippen molar-refractivity contribution in [2.75, 3.05) is 18.5 Å². The van der Waals surface area contributed by atoms with Gasteiger partial charge in [-0.25, -0.2) is 4.68 Å². The minimum absolute atomic E-state index is 0.233. The predicted molar refractivity (Wildman–Crippen MR) is 69.2 cm³/mol. The fourth-order valence-electron chi connectivity index (χ4n) is 2.53. The number of fused-ring (bicyclic) bond motifs is 1. The highest BCUT2D eigenvalue weighted by Crippen LogP contribution is 2.38. The van der Waals surface area contributed by atoms with Gasteiger partial charge in [-0.1, -0.05) is 20.8 Å². The van der Waals surface area contributed by atoms with E-state index in [1.54, 1.807) is 0 Å². The molecular weight excluding hydrogens is 214 g/mol. The molecule has 17 heavy (non-hydrogen) atoms. The average molecular weight is 237 g/mol. The highest BCUT2D eigenvalue weighted by atomic mass is 16.2. The van der Waals surface area contributed by atoms with Gasteiger partial charge in [-0.15, -0.1) is 0 Å². The van der Waals surface area contributed by atoms with Gasteiger partial charge in [0.2, 0.25) is 0 Å². The summed E-state index contributed by atoms with van der Waals surface area (Å²) in [6.07, 6.45) is 4.77. The molecule has 0 spiro atoms. The molecule has 0 fully saturated rings. The van der Waals surface area contributed by atoms with Crippen molar-refractivity contribution in [3.8, 4) is 0 Å². The maximum absolute atomic E-state index is 8.90. The molecule has 1 aromatic rings. The van der Waals surface area contributed by atoms with Gasteiger partial charge in [-0.2, -0.15) is 5.10 Å². The minimum Gasteiger partial charge on any atom is -0.396 e. The van der Waals surface area contributed by atoms with Gasteiger partial charge in [0.15, 0.2) is 0 Å². The molecule has 1 aromatic heterocycles. The summed E-state index contributed by atoms with van der Waals surface area (Å²) in [6.45, 7) is 8.05. The van der Waals surface area contributed by atoms with Crippen LogP contribution in [0.5, 0.6) is 0 Å². The summed E-state index contributed by atoms with van der Waals surface area (Å²) >= 11 is 0. The fourth-order valence-corrected chi connectivity index (χ4v) is 2.53. The third kappa shape index (κ3) is 2.46. The average Bonchev–Trinajstić information content (AvgIpc) is 2.67. The van der Waals surface area contributed by atoms with E-state index in [1.165, 1.54) is 5.56 Å². The third-order valence-corrected chi connectivity index (χ3v) is 3.48. The van der Waals surface area contributed by atoms with E-state index in [0.29, 0.717) is 6.04 Å². The van der Waals surface area contributed by atoms with E-state index in [0.717, 1.165) is 31.6 Å². The number of aliphatic hydroxyl groups excluding tert-OH is 1. The lowest BCUT2D eigenvalue weighted by Crippen LogP contribution is -2.32. The first kappa shape index (κ1) is 12.4. The monoisotopic (exact) mass is 237 g/mol. The molecule has 1 aliphatic rings. The molecule has 96 valence electrons. The number of hydrogen-bond acceptors (Lipinski definition) is 3. The first-order valence-electron chi connectivity index (χ1n) is 6.45. The van der Waals surface area contributed by atoms with Gasteiger partial charge in [0.1, 0.15) is 5.82 Å². The first-order chi connectivity index (χ1) is 8.04. The molecule has 0 aliphatic carbocycles. The highest BCUT2D eigenvalue weighted by molar-refractivity contribution is 5.46. The number of hydrogen-bond donors (Lipinski definition) is 2. The van der Waals surface area contributed by atoms with Gasteiger partial charge in [0.05, 0.1) is 12.2 Å². The summed E-state index contributed by atoms with van der Waals surface area (Å²) in [5, 5.41) is 16.9. The normalized spacial score (nSPS) is 19.9. The predicted octanol–water partition coefficient (Wildman–Crippen LogP) is 2.21. The zero-order chi connectivity index (χ0) is 12.5. The lowest BCUT2D eigenvalue weighted by Gasteiger charge is -2.35. The number of anilines is 1. The van der Waals surface area contributed by atoms with E-state index in [1.807, 2.05) is 6.20 Å². The summed E-state index contributed by atoms with van der Waals surface area (Å²) in [5.74, 6) is 1.16. The second-order valence-corrected chi connectivity index (χ2v) is 5.89. The molecule has 0 saturated heterocycles. The van der Waals surface area contributed by atoms with Crippen molar-refractivity contribution in [1.29, 1.82) is 0 Å². The standard InChI is InChI=1S/C13H23N3O/c1-13(2,3)11-6-7-14-12-10(5-4-8-17)9-15-16(11)12/h9,11,14,17H,4-8H2,1-3H3. The molecule has 0 amide bonds. The quantitative estimate of drug-likeness (QED) is 0.847. The second kappa shape index (κ2) is 4.69. The Labute approximate surface area is 103 Å². The fraction of sp³-hybridized carbons (Fsp3) is 0.769. The van der Waals surface area contributed by atoms with Crippen LogP contribution in [0.1, 0.15) is 45.2 Å². The van der Waals surface area contributed by atoms with Crippen LogP contribution in [0.15, 0.2) is 6.20 Å². The number of aliphatic hydroxyl groups is 1. The van der Waals surface area contributed by atoms with Gasteiger partial charge >= 0.3 is 0 Å². The number of rotatable bonds is 3. The van der Waals surface area contributed by atoms with Crippen LogP contribution in [0, 0.1) is 5.41 Å². The van der Waals surface area contributed by atoms with Crippen LogP contribution in [0.2, 0.25) is 0 Å². The molecule has 2 heterocycles. The van der Waals surface area contributed by atoms with Gasteiger partial charge in [0, 0.05) is 18.7 Å². The van der Waals surface area contributed by atoms with Crippen LogP contribution in [0.25, 0.3) is 0 Å².